The van der Waals surface area contributed by atoms with Gasteiger partial charge in [0.25, 0.3) is 5.78 Å². The Morgan fingerprint density at radius 3 is 2.37 bits per heavy atom. The van der Waals surface area contributed by atoms with Crippen molar-refractivity contribution >= 4 is 27.7 Å². The summed E-state index contributed by atoms with van der Waals surface area (Å²) in [4.78, 5) is 22.5. The quantitative estimate of drug-likeness (QED) is 0.376. The lowest BCUT2D eigenvalue weighted by atomic mass is 10.1. The summed E-state index contributed by atoms with van der Waals surface area (Å²) in [5, 5.41) is 0.792. The molecule has 5 heteroatoms. The number of carbonyl (C=O) groups is 2. The minimum absolute atomic E-state index is 0.173. The number of carbonyl (C=O) groups excluding carboxylic acids is 2. The van der Waals surface area contributed by atoms with E-state index in [9.17, 15) is 9.59 Å². The molecule has 1 rings (SSSR count). The third-order valence-corrected chi connectivity index (χ3v) is 3.03. The second-order valence-corrected chi connectivity index (χ2v) is 4.49. The minimum atomic E-state index is -0.875. The molecular formula is C14H16BrNO3. The number of benzene rings is 1. The van der Waals surface area contributed by atoms with E-state index in [1.165, 1.54) is 0 Å². The van der Waals surface area contributed by atoms with Crippen LogP contribution in [0, 0.1) is 0 Å². The number of hydrogen-bond donors (Lipinski definition) is 1. The maximum atomic E-state index is 11.4. The average Bonchev–Trinajstić information content (AvgIpc) is 2.39. The highest BCUT2D eigenvalue weighted by atomic mass is 79.9. The number of rotatable bonds is 6. The summed E-state index contributed by atoms with van der Waals surface area (Å²) in [5.74, 6) is -1.60. The zero-order valence-corrected chi connectivity index (χ0v) is 12.3. The van der Waals surface area contributed by atoms with Gasteiger partial charge in [-0.05, 0) is 18.1 Å². The Hall–Kier alpha value is -1.62. The molecule has 0 radical (unpaired) electrons. The van der Waals surface area contributed by atoms with Crippen molar-refractivity contribution in [3.63, 3.8) is 0 Å². The summed E-state index contributed by atoms with van der Waals surface area (Å²) in [7, 11) is 0. The first-order chi connectivity index (χ1) is 9.06. The summed E-state index contributed by atoms with van der Waals surface area (Å²) >= 11 is 3.36. The highest BCUT2D eigenvalue weighted by molar-refractivity contribution is 9.08. The predicted octanol–water partition coefficient (Wildman–Crippen LogP) is 2.10. The van der Waals surface area contributed by atoms with Crippen LogP contribution in [0.2, 0.25) is 0 Å². The van der Waals surface area contributed by atoms with Gasteiger partial charge in [0.15, 0.2) is 0 Å². The van der Waals surface area contributed by atoms with Crippen LogP contribution in [-0.2, 0) is 26.1 Å². The summed E-state index contributed by atoms with van der Waals surface area (Å²) in [6, 6.07) is 7.83. The molecule has 0 bridgehead atoms. The highest BCUT2D eigenvalue weighted by Crippen LogP contribution is 2.10. The molecule has 0 saturated carbocycles. The fraction of sp³-hybridized carbons (Fsp3) is 0.286. The maximum Gasteiger partial charge on any atom is 0.379 e. The van der Waals surface area contributed by atoms with Crippen LogP contribution in [0.25, 0.3) is 0 Å². The number of esters is 1. The summed E-state index contributed by atoms with van der Waals surface area (Å²) in [5.41, 5.74) is 8.21. The Morgan fingerprint density at radius 1 is 1.26 bits per heavy atom. The van der Waals surface area contributed by atoms with Gasteiger partial charge < -0.3 is 10.5 Å². The van der Waals surface area contributed by atoms with Gasteiger partial charge in [-0.3, -0.25) is 4.79 Å². The minimum Gasteiger partial charge on any atom is -0.460 e. The second kappa shape index (κ2) is 7.74. The van der Waals surface area contributed by atoms with Crippen molar-refractivity contribution in [1.82, 2.24) is 0 Å². The Balaban J connectivity index is 2.64. The van der Waals surface area contributed by atoms with Crippen LogP contribution in [0.3, 0.4) is 0 Å². The van der Waals surface area contributed by atoms with E-state index in [0.29, 0.717) is 12.1 Å². The number of hydrogen-bond acceptors (Lipinski definition) is 4. The van der Waals surface area contributed by atoms with Gasteiger partial charge in [-0.15, -0.1) is 0 Å². The van der Waals surface area contributed by atoms with Crippen molar-refractivity contribution in [3.05, 3.63) is 47.2 Å². The van der Waals surface area contributed by atoms with Crippen molar-refractivity contribution in [1.29, 1.82) is 0 Å². The smallest absolute Gasteiger partial charge is 0.379 e. The molecule has 102 valence electrons. The lowest BCUT2D eigenvalue weighted by molar-refractivity contribution is -0.151. The van der Waals surface area contributed by atoms with Crippen molar-refractivity contribution in [3.8, 4) is 0 Å². The van der Waals surface area contributed by atoms with Crippen LogP contribution >= 0.6 is 15.9 Å². The summed E-state index contributed by atoms with van der Waals surface area (Å²) < 4.78 is 4.59. The number of allylic oxidation sites excluding steroid dienone is 1. The Morgan fingerprint density at radius 2 is 1.84 bits per heavy atom. The van der Waals surface area contributed by atoms with Crippen LogP contribution < -0.4 is 5.73 Å². The van der Waals surface area contributed by atoms with E-state index < -0.39 is 11.8 Å². The van der Waals surface area contributed by atoms with E-state index in [1.807, 2.05) is 24.3 Å². The molecule has 0 atom stereocenters. The molecule has 0 fully saturated rings. The van der Waals surface area contributed by atoms with E-state index in [-0.39, 0.29) is 6.61 Å². The fourth-order valence-corrected chi connectivity index (χ4v) is 1.84. The average molecular weight is 326 g/mol. The Bertz CT molecular complexity index is 480. The molecule has 0 saturated heterocycles. The predicted molar refractivity (Wildman–Crippen MR) is 76.7 cm³/mol. The molecule has 0 aliphatic rings. The third kappa shape index (κ3) is 5.26. The zero-order valence-electron chi connectivity index (χ0n) is 10.7. The molecule has 0 heterocycles. The number of alkyl halides is 1. The maximum absolute atomic E-state index is 11.4. The fourth-order valence-electron chi connectivity index (χ4n) is 1.46. The SMILES string of the molecule is CCOC(=O)C(=O)/C=C(\N)Cc1ccc(CBr)cc1. The molecule has 0 unspecified atom stereocenters. The van der Waals surface area contributed by atoms with Gasteiger partial charge in [0.2, 0.25) is 0 Å². The van der Waals surface area contributed by atoms with E-state index in [1.54, 1.807) is 6.92 Å². The second-order valence-electron chi connectivity index (χ2n) is 3.93. The van der Waals surface area contributed by atoms with Gasteiger partial charge in [-0.1, -0.05) is 40.2 Å². The molecule has 1 aromatic carbocycles. The molecule has 1 aromatic rings. The number of nitrogens with two attached hydrogens (primary N) is 1. The lowest BCUT2D eigenvalue weighted by Crippen LogP contribution is -2.17. The van der Waals surface area contributed by atoms with Crippen LogP contribution in [0.15, 0.2) is 36.0 Å². The first kappa shape index (κ1) is 15.4. The van der Waals surface area contributed by atoms with Gasteiger partial charge in [0.1, 0.15) is 0 Å². The van der Waals surface area contributed by atoms with Crippen molar-refractivity contribution in [2.24, 2.45) is 5.73 Å². The molecule has 2 N–H and O–H groups in total. The van der Waals surface area contributed by atoms with Gasteiger partial charge >= 0.3 is 5.97 Å². The third-order valence-electron chi connectivity index (χ3n) is 2.38. The van der Waals surface area contributed by atoms with Crippen molar-refractivity contribution in [2.75, 3.05) is 6.61 Å². The molecule has 0 amide bonds. The normalized spacial score (nSPS) is 11.2. The number of halogens is 1. The van der Waals surface area contributed by atoms with Gasteiger partial charge in [-0.2, -0.15) is 0 Å². The van der Waals surface area contributed by atoms with Crippen molar-refractivity contribution in [2.45, 2.75) is 18.7 Å². The first-order valence-electron chi connectivity index (χ1n) is 5.87. The van der Waals surface area contributed by atoms with E-state index in [0.717, 1.165) is 22.5 Å². The van der Waals surface area contributed by atoms with Gasteiger partial charge in [0.05, 0.1) is 6.61 Å². The molecule has 19 heavy (non-hydrogen) atoms. The summed E-state index contributed by atoms with van der Waals surface area (Å²) in [6.07, 6.45) is 1.55. The van der Waals surface area contributed by atoms with E-state index >= 15 is 0 Å². The molecule has 0 aromatic heterocycles. The van der Waals surface area contributed by atoms with Crippen molar-refractivity contribution < 1.29 is 14.3 Å². The topological polar surface area (TPSA) is 69.4 Å². The van der Waals surface area contributed by atoms with Crippen LogP contribution in [0.1, 0.15) is 18.1 Å². The number of ketones is 1. The monoisotopic (exact) mass is 325 g/mol. The van der Waals surface area contributed by atoms with Crippen LogP contribution in [0.5, 0.6) is 0 Å². The van der Waals surface area contributed by atoms with E-state index in [2.05, 4.69) is 20.7 Å². The zero-order chi connectivity index (χ0) is 14.3. The number of ether oxygens (including phenoxy) is 1. The van der Waals surface area contributed by atoms with E-state index in [4.69, 9.17) is 5.73 Å². The highest BCUT2D eigenvalue weighted by Gasteiger charge is 2.12. The Labute approximate surface area is 120 Å². The van der Waals surface area contributed by atoms with Crippen LogP contribution in [-0.4, -0.2) is 18.4 Å². The first-order valence-corrected chi connectivity index (χ1v) is 6.99. The van der Waals surface area contributed by atoms with Crippen LogP contribution in [0.4, 0.5) is 0 Å². The molecule has 0 aliphatic carbocycles. The largest absolute Gasteiger partial charge is 0.460 e. The summed E-state index contributed by atoms with van der Waals surface area (Å²) in [6.45, 7) is 1.82. The lowest BCUT2D eigenvalue weighted by Gasteiger charge is -2.03. The molecule has 4 nitrogen and oxygen atoms in total. The Kier molecular flexibility index (Phi) is 6.29. The van der Waals surface area contributed by atoms with Gasteiger partial charge in [-0.25, -0.2) is 4.79 Å². The molecule has 0 spiro atoms. The standard InChI is InChI=1S/C14H16BrNO3/c1-2-19-14(18)13(17)8-12(16)7-10-3-5-11(9-15)6-4-10/h3-6,8H,2,7,9,16H2,1H3/b12-8-. The van der Waals surface area contributed by atoms with Gasteiger partial charge in [0, 0.05) is 23.5 Å². The molecular weight excluding hydrogens is 310 g/mol. The molecule has 0 aliphatic heterocycles.